The van der Waals surface area contributed by atoms with Crippen LogP contribution in [0.25, 0.3) is 0 Å². The van der Waals surface area contributed by atoms with Gasteiger partial charge >= 0.3 is 0 Å². The highest BCUT2D eigenvalue weighted by Gasteiger charge is 2.20. The summed E-state index contributed by atoms with van der Waals surface area (Å²) in [6.45, 7) is 7.13. The quantitative estimate of drug-likeness (QED) is 0.817. The summed E-state index contributed by atoms with van der Waals surface area (Å²) in [5.41, 5.74) is 1.33. The van der Waals surface area contributed by atoms with E-state index in [2.05, 4.69) is 41.1 Å². The minimum atomic E-state index is 0.674. The molecule has 2 aromatic heterocycles. The third-order valence-corrected chi connectivity index (χ3v) is 4.86. The van der Waals surface area contributed by atoms with Crippen LogP contribution in [0, 0.1) is 12.8 Å². The van der Waals surface area contributed by atoms with Crippen molar-refractivity contribution in [2.75, 3.05) is 19.8 Å². The molecule has 1 fully saturated rings. The van der Waals surface area contributed by atoms with E-state index in [0.29, 0.717) is 5.92 Å². The lowest BCUT2D eigenvalue weighted by molar-refractivity contribution is 0.162. The van der Waals surface area contributed by atoms with Crippen molar-refractivity contribution in [3.8, 4) is 0 Å². The van der Waals surface area contributed by atoms with Crippen LogP contribution in [0.4, 0.5) is 0 Å². The fraction of sp³-hybridized carbons (Fsp3) is 0.471. The molecule has 0 radical (unpaired) electrons. The fourth-order valence-electron chi connectivity index (χ4n) is 2.81. The summed E-state index contributed by atoms with van der Waals surface area (Å²) in [6, 6.07) is 8.68. The molecule has 0 amide bonds. The standard InChI is InChI=1S/C17H22N2OS/c1-14-2-3-17(21-14)12-19(11-16-6-9-20-13-16)10-15-4-7-18-8-5-15/h2-5,7-8,16H,6,9-13H2,1H3/t16-/m0/s1. The van der Waals surface area contributed by atoms with Gasteiger partial charge in [0, 0.05) is 48.4 Å². The van der Waals surface area contributed by atoms with Crippen molar-refractivity contribution in [2.45, 2.75) is 26.4 Å². The Morgan fingerprint density at radius 2 is 2.10 bits per heavy atom. The molecule has 0 bridgehead atoms. The first-order valence-corrected chi connectivity index (χ1v) is 8.35. The van der Waals surface area contributed by atoms with Gasteiger partial charge in [-0.3, -0.25) is 9.88 Å². The van der Waals surface area contributed by atoms with Crippen molar-refractivity contribution in [1.82, 2.24) is 9.88 Å². The van der Waals surface area contributed by atoms with Gasteiger partial charge in [-0.15, -0.1) is 11.3 Å². The number of hydrogen-bond donors (Lipinski definition) is 0. The van der Waals surface area contributed by atoms with E-state index in [1.807, 2.05) is 23.7 Å². The second kappa shape index (κ2) is 7.16. The van der Waals surface area contributed by atoms with Gasteiger partial charge < -0.3 is 4.74 Å². The number of pyridine rings is 1. The zero-order chi connectivity index (χ0) is 14.5. The molecule has 21 heavy (non-hydrogen) atoms. The highest BCUT2D eigenvalue weighted by Crippen LogP contribution is 2.21. The highest BCUT2D eigenvalue weighted by molar-refractivity contribution is 7.11. The van der Waals surface area contributed by atoms with Crippen molar-refractivity contribution in [3.05, 3.63) is 52.0 Å². The Labute approximate surface area is 130 Å². The Balaban J connectivity index is 1.67. The van der Waals surface area contributed by atoms with Gasteiger partial charge in [0.2, 0.25) is 0 Å². The van der Waals surface area contributed by atoms with E-state index < -0.39 is 0 Å². The summed E-state index contributed by atoms with van der Waals surface area (Å²) < 4.78 is 5.53. The van der Waals surface area contributed by atoms with E-state index >= 15 is 0 Å². The van der Waals surface area contributed by atoms with Crippen LogP contribution >= 0.6 is 11.3 Å². The zero-order valence-electron chi connectivity index (χ0n) is 12.5. The molecule has 1 aliphatic rings. The predicted octanol–water partition coefficient (Wildman–Crippen LogP) is 3.49. The van der Waals surface area contributed by atoms with Crippen molar-refractivity contribution in [3.63, 3.8) is 0 Å². The Bertz CT molecular complexity index is 549. The Kier molecular flexibility index (Phi) is 5.01. The van der Waals surface area contributed by atoms with Gasteiger partial charge in [0.05, 0.1) is 6.61 Å². The van der Waals surface area contributed by atoms with E-state index in [1.54, 1.807) is 0 Å². The molecule has 4 heteroatoms. The normalized spacial score (nSPS) is 18.5. The number of aryl methyl sites for hydroxylation is 1. The van der Waals surface area contributed by atoms with Crippen molar-refractivity contribution < 1.29 is 4.74 Å². The molecule has 2 aromatic rings. The molecular formula is C17H22N2OS. The van der Waals surface area contributed by atoms with Crippen LogP contribution in [0.1, 0.15) is 21.7 Å². The highest BCUT2D eigenvalue weighted by atomic mass is 32.1. The summed E-state index contributed by atoms with van der Waals surface area (Å²) in [5, 5.41) is 0. The maximum atomic E-state index is 5.53. The van der Waals surface area contributed by atoms with Crippen LogP contribution in [-0.4, -0.2) is 29.6 Å². The lowest BCUT2D eigenvalue weighted by atomic mass is 10.1. The van der Waals surface area contributed by atoms with Gasteiger partial charge in [0.25, 0.3) is 0 Å². The summed E-state index contributed by atoms with van der Waals surface area (Å²) in [5.74, 6) is 0.674. The average Bonchev–Trinajstić information content (AvgIpc) is 3.12. The van der Waals surface area contributed by atoms with Gasteiger partial charge in [-0.05, 0) is 49.1 Å². The van der Waals surface area contributed by atoms with Gasteiger partial charge in [0.15, 0.2) is 0 Å². The van der Waals surface area contributed by atoms with Gasteiger partial charge in [-0.2, -0.15) is 0 Å². The topological polar surface area (TPSA) is 25.4 Å². The van der Waals surface area contributed by atoms with Crippen molar-refractivity contribution >= 4 is 11.3 Å². The molecule has 0 N–H and O–H groups in total. The van der Waals surface area contributed by atoms with E-state index in [9.17, 15) is 0 Å². The van der Waals surface area contributed by atoms with Gasteiger partial charge in [0.1, 0.15) is 0 Å². The van der Waals surface area contributed by atoms with Crippen LogP contribution in [-0.2, 0) is 17.8 Å². The Hall–Kier alpha value is -1.23. The number of hydrogen-bond acceptors (Lipinski definition) is 4. The molecule has 1 saturated heterocycles. The van der Waals surface area contributed by atoms with E-state index in [0.717, 1.165) is 32.8 Å². The molecular weight excluding hydrogens is 280 g/mol. The molecule has 3 rings (SSSR count). The van der Waals surface area contributed by atoms with E-state index in [-0.39, 0.29) is 0 Å². The zero-order valence-corrected chi connectivity index (χ0v) is 13.3. The Morgan fingerprint density at radius 1 is 1.24 bits per heavy atom. The largest absolute Gasteiger partial charge is 0.381 e. The van der Waals surface area contributed by atoms with Gasteiger partial charge in [-0.25, -0.2) is 0 Å². The minimum Gasteiger partial charge on any atom is -0.381 e. The molecule has 0 aromatic carbocycles. The number of aromatic nitrogens is 1. The number of nitrogens with zero attached hydrogens (tertiary/aromatic N) is 2. The molecule has 1 aliphatic heterocycles. The minimum absolute atomic E-state index is 0.674. The molecule has 3 nitrogen and oxygen atoms in total. The first-order valence-electron chi connectivity index (χ1n) is 7.54. The third-order valence-electron chi connectivity index (χ3n) is 3.87. The molecule has 3 heterocycles. The molecule has 0 spiro atoms. The number of ether oxygens (including phenoxy) is 1. The smallest absolute Gasteiger partial charge is 0.0507 e. The molecule has 1 atom stereocenters. The third kappa shape index (κ3) is 4.37. The lowest BCUT2D eigenvalue weighted by Crippen LogP contribution is -2.28. The second-order valence-electron chi connectivity index (χ2n) is 5.77. The van der Waals surface area contributed by atoms with E-state index in [1.165, 1.54) is 21.7 Å². The van der Waals surface area contributed by atoms with Crippen molar-refractivity contribution in [1.29, 1.82) is 0 Å². The lowest BCUT2D eigenvalue weighted by Gasteiger charge is -2.24. The summed E-state index contributed by atoms with van der Waals surface area (Å²) >= 11 is 1.90. The van der Waals surface area contributed by atoms with Crippen LogP contribution in [0.5, 0.6) is 0 Å². The number of rotatable bonds is 6. The molecule has 0 saturated carbocycles. The maximum absolute atomic E-state index is 5.53. The number of thiophene rings is 1. The van der Waals surface area contributed by atoms with Crippen LogP contribution < -0.4 is 0 Å². The van der Waals surface area contributed by atoms with Crippen LogP contribution in [0.15, 0.2) is 36.7 Å². The van der Waals surface area contributed by atoms with Crippen LogP contribution in [0.3, 0.4) is 0 Å². The summed E-state index contributed by atoms with van der Waals surface area (Å²) in [7, 11) is 0. The molecule has 0 unspecified atom stereocenters. The van der Waals surface area contributed by atoms with E-state index in [4.69, 9.17) is 4.74 Å². The SMILES string of the molecule is Cc1ccc(CN(Cc2ccncc2)C[C@@H]2CCOC2)s1. The van der Waals surface area contributed by atoms with Gasteiger partial charge in [-0.1, -0.05) is 0 Å². The maximum Gasteiger partial charge on any atom is 0.0507 e. The average molecular weight is 302 g/mol. The Morgan fingerprint density at radius 3 is 2.76 bits per heavy atom. The second-order valence-corrected chi connectivity index (χ2v) is 7.14. The summed E-state index contributed by atoms with van der Waals surface area (Å²) in [6.07, 6.45) is 4.94. The molecule has 112 valence electrons. The first-order chi connectivity index (χ1) is 10.3. The molecule has 0 aliphatic carbocycles. The first kappa shape index (κ1) is 14.7. The van der Waals surface area contributed by atoms with Crippen molar-refractivity contribution in [2.24, 2.45) is 5.92 Å². The van der Waals surface area contributed by atoms with Crippen LogP contribution in [0.2, 0.25) is 0 Å². The monoisotopic (exact) mass is 302 g/mol. The predicted molar refractivity (Wildman–Crippen MR) is 86.3 cm³/mol. The fourth-order valence-corrected chi connectivity index (χ4v) is 3.75. The summed E-state index contributed by atoms with van der Waals surface area (Å²) in [4.78, 5) is 9.48.